The van der Waals surface area contributed by atoms with Gasteiger partial charge in [-0.25, -0.2) is 13.1 Å². The fraction of sp³-hybridized carbons (Fsp3) is 0.875. The van der Waals surface area contributed by atoms with E-state index in [9.17, 15) is 13.2 Å². The third-order valence-corrected chi connectivity index (χ3v) is 3.49. The molecule has 0 radical (unpaired) electrons. The van der Waals surface area contributed by atoms with E-state index in [-0.39, 0.29) is 30.7 Å². The van der Waals surface area contributed by atoms with Crippen LogP contribution in [0.4, 0.5) is 0 Å². The summed E-state index contributed by atoms with van der Waals surface area (Å²) < 4.78 is 24.2. The van der Waals surface area contributed by atoms with Crippen LogP contribution in [0.5, 0.6) is 0 Å². The third-order valence-electron chi connectivity index (χ3n) is 2.13. The van der Waals surface area contributed by atoms with Gasteiger partial charge < -0.3 is 11.1 Å². The second kappa shape index (κ2) is 6.76. The first-order chi connectivity index (χ1) is 6.96. The van der Waals surface area contributed by atoms with Crippen molar-refractivity contribution < 1.29 is 13.2 Å². The van der Waals surface area contributed by atoms with Crippen molar-refractivity contribution in [1.82, 2.24) is 10.0 Å². The highest BCUT2D eigenvalue weighted by molar-refractivity contribution is 7.89. The van der Waals surface area contributed by atoms with Gasteiger partial charge in [0, 0.05) is 19.0 Å². The number of carbonyl (C=O) groups is 1. The molecule has 90 valence electrons. The largest absolute Gasteiger partial charge is 0.355 e. The first-order valence-electron chi connectivity index (χ1n) is 4.85. The molecule has 0 fully saturated rings. The molecule has 0 saturated carbocycles. The number of amides is 1. The summed E-state index contributed by atoms with van der Waals surface area (Å²) in [6.45, 7) is 2.25. The molecule has 0 bridgehead atoms. The minimum atomic E-state index is -3.25. The quantitative estimate of drug-likeness (QED) is 0.509. The number of rotatable bonds is 7. The molecule has 1 amide bonds. The van der Waals surface area contributed by atoms with Crippen LogP contribution < -0.4 is 15.8 Å². The Hall–Kier alpha value is -0.660. The zero-order valence-electron chi connectivity index (χ0n) is 9.12. The zero-order valence-corrected chi connectivity index (χ0v) is 9.93. The lowest BCUT2D eigenvalue weighted by Gasteiger charge is -2.12. The Bertz CT molecular complexity index is 286. The lowest BCUT2D eigenvalue weighted by atomic mass is 10.1. The van der Waals surface area contributed by atoms with Crippen molar-refractivity contribution >= 4 is 15.9 Å². The number of carbonyl (C=O) groups excluding carboxylic acids is 1. The lowest BCUT2D eigenvalue weighted by Crippen LogP contribution is -2.38. The van der Waals surface area contributed by atoms with Gasteiger partial charge in [-0.1, -0.05) is 6.92 Å². The molecule has 0 aromatic heterocycles. The second-order valence-corrected chi connectivity index (χ2v) is 5.20. The van der Waals surface area contributed by atoms with Gasteiger partial charge in [0.25, 0.3) is 0 Å². The highest BCUT2D eigenvalue weighted by atomic mass is 32.2. The molecular formula is C8H19N3O3S. The normalized spacial score (nSPS) is 13.5. The molecule has 0 aromatic carbocycles. The second-order valence-electron chi connectivity index (χ2n) is 3.15. The Morgan fingerprint density at radius 3 is 2.47 bits per heavy atom. The Morgan fingerprint density at radius 1 is 1.47 bits per heavy atom. The summed E-state index contributed by atoms with van der Waals surface area (Å²) >= 11 is 0. The SMILES string of the molecule is CCC(CN)C(=O)NCCS(=O)(=O)NC. The van der Waals surface area contributed by atoms with Crippen LogP contribution in [0.25, 0.3) is 0 Å². The maximum absolute atomic E-state index is 11.4. The predicted octanol–water partition coefficient (Wildman–Crippen LogP) is -1.36. The Morgan fingerprint density at radius 2 is 2.07 bits per heavy atom. The number of hydrogen-bond acceptors (Lipinski definition) is 4. The molecule has 0 spiro atoms. The summed E-state index contributed by atoms with van der Waals surface area (Å²) in [7, 11) is -1.91. The third kappa shape index (κ3) is 5.71. The van der Waals surface area contributed by atoms with Gasteiger partial charge in [0.15, 0.2) is 0 Å². The zero-order chi connectivity index (χ0) is 11.9. The molecule has 0 aliphatic heterocycles. The first kappa shape index (κ1) is 14.3. The summed E-state index contributed by atoms with van der Waals surface area (Å²) in [6.07, 6.45) is 0.654. The fourth-order valence-electron chi connectivity index (χ4n) is 1.01. The van der Waals surface area contributed by atoms with Gasteiger partial charge in [-0.2, -0.15) is 0 Å². The van der Waals surface area contributed by atoms with Crippen molar-refractivity contribution in [2.24, 2.45) is 11.7 Å². The summed E-state index contributed by atoms with van der Waals surface area (Å²) in [5.41, 5.74) is 5.38. The summed E-state index contributed by atoms with van der Waals surface area (Å²) in [6, 6.07) is 0. The van der Waals surface area contributed by atoms with E-state index in [1.54, 1.807) is 0 Å². The highest BCUT2D eigenvalue weighted by Gasteiger charge is 2.14. The molecule has 1 atom stereocenters. The minimum Gasteiger partial charge on any atom is -0.355 e. The lowest BCUT2D eigenvalue weighted by molar-refractivity contribution is -0.124. The maximum Gasteiger partial charge on any atom is 0.224 e. The van der Waals surface area contributed by atoms with E-state index in [2.05, 4.69) is 10.0 Å². The van der Waals surface area contributed by atoms with Gasteiger partial charge in [0.05, 0.1) is 5.75 Å². The Kier molecular flexibility index (Phi) is 6.46. The average molecular weight is 237 g/mol. The summed E-state index contributed by atoms with van der Waals surface area (Å²) in [4.78, 5) is 11.4. The van der Waals surface area contributed by atoms with Crippen LogP contribution in [0.2, 0.25) is 0 Å². The molecule has 0 saturated heterocycles. The van der Waals surface area contributed by atoms with E-state index in [0.29, 0.717) is 6.42 Å². The van der Waals surface area contributed by atoms with Crippen LogP contribution in [0.15, 0.2) is 0 Å². The van der Waals surface area contributed by atoms with Gasteiger partial charge in [0.2, 0.25) is 15.9 Å². The predicted molar refractivity (Wildman–Crippen MR) is 58.7 cm³/mol. The fourth-order valence-corrected chi connectivity index (χ4v) is 1.59. The molecule has 4 N–H and O–H groups in total. The van der Waals surface area contributed by atoms with Crippen LogP contribution in [0.3, 0.4) is 0 Å². The first-order valence-corrected chi connectivity index (χ1v) is 6.51. The smallest absolute Gasteiger partial charge is 0.224 e. The number of nitrogens with one attached hydrogen (secondary N) is 2. The Labute approximate surface area is 90.7 Å². The monoisotopic (exact) mass is 237 g/mol. The molecule has 15 heavy (non-hydrogen) atoms. The minimum absolute atomic E-state index is 0.110. The average Bonchev–Trinajstić information content (AvgIpc) is 2.19. The van der Waals surface area contributed by atoms with Gasteiger partial charge in [0.1, 0.15) is 0 Å². The molecule has 0 aromatic rings. The van der Waals surface area contributed by atoms with Crippen molar-refractivity contribution in [1.29, 1.82) is 0 Å². The summed E-state index contributed by atoms with van der Waals surface area (Å²) in [5.74, 6) is -0.537. The van der Waals surface area contributed by atoms with Crippen LogP contribution >= 0.6 is 0 Å². The molecule has 7 heteroatoms. The van der Waals surface area contributed by atoms with Gasteiger partial charge in [-0.3, -0.25) is 4.79 Å². The van der Waals surface area contributed by atoms with E-state index < -0.39 is 10.0 Å². The van der Waals surface area contributed by atoms with E-state index in [1.165, 1.54) is 7.05 Å². The topological polar surface area (TPSA) is 101 Å². The van der Waals surface area contributed by atoms with E-state index >= 15 is 0 Å². The highest BCUT2D eigenvalue weighted by Crippen LogP contribution is 1.98. The Balaban J connectivity index is 3.92. The molecule has 1 unspecified atom stereocenters. The van der Waals surface area contributed by atoms with Crippen molar-refractivity contribution in [3.8, 4) is 0 Å². The van der Waals surface area contributed by atoms with Crippen LogP contribution in [-0.2, 0) is 14.8 Å². The van der Waals surface area contributed by atoms with Gasteiger partial charge >= 0.3 is 0 Å². The number of nitrogens with two attached hydrogens (primary N) is 1. The van der Waals surface area contributed by atoms with Crippen LogP contribution in [0.1, 0.15) is 13.3 Å². The molecule has 0 aliphatic carbocycles. The maximum atomic E-state index is 11.4. The van der Waals surface area contributed by atoms with Crippen LogP contribution in [-0.4, -0.2) is 40.2 Å². The molecule has 6 nitrogen and oxygen atoms in total. The van der Waals surface area contributed by atoms with Crippen molar-refractivity contribution in [3.05, 3.63) is 0 Å². The number of sulfonamides is 1. The van der Waals surface area contributed by atoms with Crippen molar-refractivity contribution in [2.75, 3.05) is 25.9 Å². The molecule has 0 rings (SSSR count). The van der Waals surface area contributed by atoms with Gasteiger partial charge in [-0.05, 0) is 13.5 Å². The standard InChI is InChI=1S/C8H19N3O3S/c1-3-7(6-9)8(12)11-4-5-15(13,14)10-2/h7,10H,3-6,9H2,1-2H3,(H,11,12). The number of hydrogen-bond donors (Lipinski definition) is 3. The van der Waals surface area contributed by atoms with E-state index in [0.717, 1.165) is 0 Å². The van der Waals surface area contributed by atoms with Crippen LogP contribution in [0, 0.1) is 5.92 Å². The molecular weight excluding hydrogens is 218 g/mol. The molecule has 0 heterocycles. The van der Waals surface area contributed by atoms with Crippen molar-refractivity contribution in [3.63, 3.8) is 0 Å². The molecule has 0 aliphatic rings. The van der Waals surface area contributed by atoms with E-state index in [4.69, 9.17) is 5.73 Å². The van der Waals surface area contributed by atoms with Crippen molar-refractivity contribution in [2.45, 2.75) is 13.3 Å². The summed E-state index contributed by atoms with van der Waals surface area (Å²) in [5, 5.41) is 2.54. The van der Waals surface area contributed by atoms with E-state index in [1.807, 2.05) is 6.92 Å². The van der Waals surface area contributed by atoms with Gasteiger partial charge in [-0.15, -0.1) is 0 Å².